The van der Waals surface area contributed by atoms with Crippen molar-refractivity contribution < 1.29 is 0 Å². The van der Waals surface area contributed by atoms with Crippen LogP contribution in [0.1, 0.15) is 0 Å². The Morgan fingerprint density at radius 1 is 0.462 bits per heavy atom. The fourth-order valence-corrected chi connectivity index (χ4v) is 13.7. The summed E-state index contributed by atoms with van der Waals surface area (Å²) in [6.07, 6.45) is 0. The highest BCUT2D eigenvalue weighted by molar-refractivity contribution is 8.45. The van der Waals surface area contributed by atoms with E-state index in [1.54, 1.807) is 0 Å². The second-order valence-corrected chi connectivity index (χ2v) is 15.8. The molecule has 148 valence electrons. The molecule has 0 N–H and O–H groups in total. The summed E-state index contributed by atoms with van der Waals surface area (Å²) in [4.78, 5) is 0. The molecular weight excluding hydrogens is 567 g/mol. The average Bonchev–Trinajstić information content (AvgIpc) is 3.25. The summed E-state index contributed by atoms with van der Waals surface area (Å²) in [6, 6.07) is 0. The molecular formula is C14H16Cl4S8. The number of alkyl halides is 4. The Hall–Kier alpha value is 3.18. The van der Waals surface area contributed by atoms with Crippen molar-refractivity contribution in [2.75, 3.05) is 46.5 Å². The molecule has 0 bridgehead atoms. The van der Waals surface area contributed by atoms with Crippen LogP contribution in [0.5, 0.6) is 0 Å². The molecule has 2 aliphatic heterocycles. The first-order valence-electron chi connectivity index (χ1n) is 7.42. The van der Waals surface area contributed by atoms with Gasteiger partial charge in [-0.15, -0.1) is 93.5 Å². The fraction of sp³-hybridized carbons (Fsp3) is 0.571. The maximum absolute atomic E-state index is 5.89. The van der Waals surface area contributed by atoms with Gasteiger partial charge in [0.1, 0.15) is 0 Å². The zero-order valence-electron chi connectivity index (χ0n) is 13.4. The predicted octanol–water partition coefficient (Wildman–Crippen LogP) is 9.21. The van der Waals surface area contributed by atoms with Crippen LogP contribution in [0.4, 0.5) is 0 Å². The molecule has 0 unspecified atom stereocenters. The first-order valence-corrected chi connectivity index (χ1v) is 16.8. The van der Waals surface area contributed by atoms with Gasteiger partial charge in [-0.2, -0.15) is 0 Å². The summed E-state index contributed by atoms with van der Waals surface area (Å²) >= 11 is 38.5. The van der Waals surface area contributed by atoms with E-state index in [9.17, 15) is 0 Å². The Morgan fingerprint density at radius 2 is 0.692 bits per heavy atom. The Labute approximate surface area is 210 Å². The van der Waals surface area contributed by atoms with Crippen LogP contribution in [-0.2, 0) is 0 Å². The Morgan fingerprint density at radius 3 is 0.885 bits per heavy atom. The van der Waals surface area contributed by atoms with E-state index in [1.165, 1.54) is 25.4 Å². The van der Waals surface area contributed by atoms with Crippen LogP contribution in [0, 0.1) is 0 Å². The summed E-state index contributed by atoms with van der Waals surface area (Å²) in [5.41, 5.74) is 0. The molecule has 0 aromatic carbocycles. The lowest BCUT2D eigenvalue weighted by atomic mass is 11.0. The zero-order chi connectivity index (χ0) is 18.8. The van der Waals surface area contributed by atoms with Crippen LogP contribution in [0.15, 0.2) is 25.4 Å². The summed E-state index contributed by atoms with van der Waals surface area (Å²) in [7, 11) is 0. The molecule has 2 heterocycles. The number of halogens is 4. The third-order valence-corrected chi connectivity index (χ3v) is 15.7. The van der Waals surface area contributed by atoms with E-state index in [0.717, 1.165) is 23.0 Å². The largest absolute Gasteiger partial charge is 0.126 e. The van der Waals surface area contributed by atoms with Gasteiger partial charge in [-0.1, -0.05) is 47.0 Å². The molecule has 2 rings (SSSR count). The molecule has 0 aromatic heterocycles. The highest BCUT2D eigenvalue weighted by Crippen LogP contribution is 2.66. The van der Waals surface area contributed by atoms with Crippen LogP contribution < -0.4 is 0 Å². The van der Waals surface area contributed by atoms with E-state index in [4.69, 9.17) is 46.4 Å². The lowest BCUT2D eigenvalue weighted by Crippen LogP contribution is -1.81. The van der Waals surface area contributed by atoms with Crippen molar-refractivity contribution in [2.45, 2.75) is 0 Å². The van der Waals surface area contributed by atoms with Crippen LogP contribution in [-0.4, -0.2) is 46.5 Å². The zero-order valence-corrected chi connectivity index (χ0v) is 23.0. The van der Waals surface area contributed by atoms with E-state index >= 15 is 0 Å². The van der Waals surface area contributed by atoms with Crippen molar-refractivity contribution in [1.29, 1.82) is 0 Å². The van der Waals surface area contributed by atoms with Gasteiger partial charge in [0.05, 0.1) is 25.4 Å². The second kappa shape index (κ2) is 15.1. The minimum Gasteiger partial charge on any atom is -0.126 e. The molecule has 0 fully saturated rings. The Kier molecular flexibility index (Phi) is 14.7. The highest BCUT2D eigenvalue weighted by atomic mass is 35.5. The van der Waals surface area contributed by atoms with E-state index < -0.39 is 0 Å². The van der Waals surface area contributed by atoms with Crippen molar-refractivity contribution in [1.82, 2.24) is 0 Å². The minimum absolute atomic E-state index is 0.669. The maximum atomic E-state index is 5.89. The van der Waals surface area contributed by atoms with Gasteiger partial charge < -0.3 is 0 Å². The van der Waals surface area contributed by atoms with Gasteiger partial charge in [-0.05, 0) is 0 Å². The van der Waals surface area contributed by atoms with Crippen molar-refractivity contribution in [3.8, 4) is 0 Å². The fourth-order valence-electron chi connectivity index (χ4n) is 1.59. The van der Waals surface area contributed by atoms with Crippen LogP contribution >= 0.6 is 140 Å². The van der Waals surface area contributed by atoms with Crippen molar-refractivity contribution in [3.05, 3.63) is 25.4 Å². The first kappa shape index (κ1) is 25.4. The van der Waals surface area contributed by atoms with Gasteiger partial charge in [-0.25, -0.2) is 0 Å². The Bertz CT molecular complexity index is 471. The molecule has 0 spiro atoms. The molecule has 0 nitrogen and oxygen atoms in total. The van der Waals surface area contributed by atoms with Gasteiger partial charge in [0.15, 0.2) is 0 Å². The molecule has 12 heteroatoms. The first-order chi connectivity index (χ1) is 12.7. The van der Waals surface area contributed by atoms with E-state index in [-0.39, 0.29) is 0 Å². The number of rotatable bonds is 12. The van der Waals surface area contributed by atoms with Gasteiger partial charge >= 0.3 is 0 Å². The van der Waals surface area contributed by atoms with E-state index in [0.29, 0.717) is 23.5 Å². The highest BCUT2D eigenvalue weighted by Gasteiger charge is 2.30. The lowest BCUT2D eigenvalue weighted by Gasteiger charge is -2.02. The van der Waals surface area contributed by atoms with E-state index in [2.05, 4.69) is 0 Å². The summed E-state index contributed by atoms with van der Waals surface area (Å²) < 4.78 is 8.22. The van der Waals surface area contributed by atoms with Gasteiger partial charge in [-0.3, -0.25) is 0 Å². The third-order valence-electron chi connectivity index (χ3n) is 2.48. The molecule has 26 heavy (non-hydrogen) atoms. The monoisotopic (exact) mass is 580 g/mol. The van der Waals surface area contributed by atoms with E-state index in [1.807, 2.05) is 94.1 Å². The summed E-state index contributed by atoms with van der Waals surface area (Å²) in [6.45, 7) is 0. The SMILES string of the molecule is ClCCSC1=C(SCCCl)SC(=C2SC(SCCCl)=C(SCCCl)S2)S1. The van der Waals surface area contributed by atoms with Gasteiger partial charge in [0, 0.05) is 46.5 Å². The minimum atomic E-state index is 0.669. The standard InChI is InChI=1S/C14H16Cl4S8/c15-1-5-19-9-10(20-6-2-16)24-13(23-9)14-25-11(21-7-3-17)12(26-14)22-8-4-18/h1-8H2. The molecule has 0 aromatic rings. The number of hydrogen-bond acceptors (Lipinski definition) is 8. The van der Waals surface area contributed by atoms with Gasteiger partial charge in [0.25, 0.3) is 0 Å². The maximum Gasteiger partial charge on any atom is 0.0717 e. The quantitative estimate of drug-likeness (QED) is 0.206. The van der Waals surface area contributed by atoms with Crippen LogP contribution in [0.3, 0.4) is 0 Å². The van der Waals surface area contributed by atoms with Crippen LogP contribution in [0.2, 0.25) is 0 Å². The van der Waals surface area contributed by atoms with Crippen molar-refractivity contribution >= 4 is 140 Å². The molecule has 0 aliphatic carbocycles. The Balaban J connectivity index is 2.08. The molecule has 0 radical (unpaired) electrons. The predicted molar refractivity (Wildman–Crippen MR) is 144 cm³/mol. The van der Waals surface area contributed by atoms with Crippen LogP contribution in [0.25, 0.3) is 0 Å². The number of hydrogen-bond donors (Lipinski definition) is 0. The summed E-state index contributed by atoms with van der Waals surface area (Å²) in [5.74, 6) is 6.41. The molecule has 0 atom stereocenters. The molecule has 0 saturated heterocycles. The number of thioether (sulfide) groups is 8. The van der Waals surface area contributed by atoms with Crippen molar-refractivity contribution in [3.63, 3.8) is 0 Å². The normalized spacial score (nSPS) is 18.0. The third kappa shape index (κ3) is 8.37. The average molecular weight is 583 g/mol. The molecule has 2 aliphatic rings. The smallest absolute Gasteiger partial charge is 0.0717 e. The lowest BCUT2D eigenvalue weighted by molar-refractivity contribution is 1.54. The molecule has 0 amide bonds. The summed E-state index contributed by atoms with van der Waals surface area (Å²) in [5, 5.41) is 0. The van der Waals surface area contributed by atoms with Gasteiger partial charge in [0.2, 0.25) is 0 Å². The topological polar surface area (TPSA) is 0 Å². The molecule has 0 saturated carbocycles. The van der Waals surface area contributed by atoms with Crippen molar-refractivity contribution in [2.24, 2.45) is 0 Å². The second-order valence-electron chi connectivity index (χ2n) is 4.28.